The van der Waals surface area contributed by atoms with E-state index in [4.69, 9.17) is 4.74 Å². The highest BCUT2D eigenvalue weighted by molar-refractivity contribution is 5.85. The summed E-state index contributed by atoms with van der Waals surface area (Å²) in [6, 6.07) is -0.368. The average molecular weight is 267 g/mol. The van der Waals surface area contributed by atoms with Gasteiger partial charge in [-0.2, -0.15) is 0 Å². The summed E-state index contributed by atoms with van der Waals surface area (Å²) in [6.45, 7) is 9.72. The number of rotatable bonds is 5. The van der Waals surface area contributed by atoms with E-state index in [1.807, 2.05) is 20.8 Å². The van der Waals surface area contributed by atoms with Gasteiger partial charge in [0.2, 0.25) is 5.91 Å². The molecule has 0 aromatic rings. The maximum atomic E-state index is 11.5. The Bertz CT molecular complexity index is 252. The third-order valence-electron chi connectivity index (χ3n) is 1.71. The lowest BCUT2D eigenvalue weighted by Crippen LogP contribution is -2.42. The second-order valence-corrected chi connectivity index (χ2v) is 4.69. The standard InChI is InChI=1S/C11H22N2O3.ClH/c1-8(10(15)16-11(3,4)5)12-6-7-13-9(2)14;/h8,12H,6-7H2,1-5H3,(H,13,14);1H. The molecule has 0 aliphatic rings. The lowest BCUT2D eigenvalue weighted by Gasteiger charge is -2.22. The molecule has 1 unspecified atom stereocenters. The maximum absolute atomic E-state index is 11.5. The van der Waals surface area contributed by atoms with E-state index in [0.29, 0.717) is 13.1 Å². The minimum Gasteiger partial charge on any atom is -0.459 e. The minimum atomic E-state index is -0.468. The average Bonchev–Trinajstić information content (AvgIpc) is 2.08. The van der Waals surface area contributed by atoms with Gasteiger partial charge in [0.05, 0.1) is 0 Å². The van der Waals surface area contributed by atoms with Crippen LogP contribution in [0.15, 0.2) is 0 Å². The van der Waals surface area contributed by atoms with Gasteiger partial charge in [0.1, 0.15) is 11.6 Å². The lowest BCUT2D eigenvalue weighted by molar-refractivity contribution is -0.156. The van der Waals surface area contributed by atoms with Gasteiger partial charge >= 0.3 is 5.97 Å². The van der Waals surface area contributed by atoms with Crippen molar-refractivity contribution in [2.75, 3.05) is 13.1 Å². The Morgan fingerprint density at radius 1 is 1.24 bits per heavy atom. The first-order valence-electron chi connectivity index (χ1n) is 5.43. The van der Waals surface area contributed by atoms with Gasteiger partial charge < -0.3 is 15.4 Å². The Morgan fingerprint density at radius 2 is 1.76 bits per heavy atom. The van der Waals surface area contributed by atoms with Gasteiger partial charge in [0.25, 0.3) is 0 Å². The quantitative estimate of drug-likeness (QED) is 0.572. The van der Waals surface area contributed by atoms with E-state index in [1.54, 1.807) is 6.92 Å². The molecule has 0 aromatic carbocycles. The van der Waals surface area contributed by atoms with Gasteiger partial charge in [-0.25, -0.2) is 0 Å². The van der Waals surface area contributed by atoms with Crippen LogP contribution in [0, 0.1) is 0 Å². The highest BCUT2D eigenvalue weighted by Gasteiger charge is 2.20. The SMILES string of the molecule is CC(=O)NCCNC(C)C(=O)OC(C)(C)C.Cl. The van der Waals surface area contributed by atoms with Gasteiger partial charge in [-0.05, 0) is 27.7 Å². The molecule has 5 nitrogen and oxygen atoms in total. The highest BCUT2D eigenvalue weighted by atomic mass is 35.5. The van der Waals surface area contributed by atoms with Gasteiger partial charge in [0, 0.05) is 20.0 Å². The van der Waals surface area contributed by atoms with Crippen molar-refractivity contribution in [3.63, 3.8) is 0 Å². The van der Waals surface area contributed by atoms with Crippen molar-refractivity contribution in [3.8, 4) is 0 Å². The number of amides is 1. The molecule has 6 heteroatoms. The molecule has 1 amide bonds. The summed E-state index contributed by atoms with van der Waals surface area (Å²) in [5.41, 5.74) is -0.468. The summed E-state index contributed by atoms with van der Waals surface area (Å²) in [5, 5.41) is 5.61. The van der Waals surface area contributed by atoms with Crippen LogP contribution >= 0.6 is 12.4 Å². The van der Waals surface area contributed by atoms with Crippen LogP contribution in [0.5, 0.6) is 0 Å². The third kappa shape index (κ3) is 11.5. The fourth-order valence-corrected chi connectivity index (χ4v) is 1.00. The van der Waals surface area contributed by atoms with Gasteiger partial charge in [-0.3, -0.25) is 9.59 Å². The number of esters is 1. The molecule has 0 spiro atoms. The second kappa shape index (κ2) is 8.31. The van der Waals surface area contributed by atoms with Crippen LogP contribution in [-0.2, 0) is 14.3 Å². The Balaban J connectivity index is 0. The Morgan fingerprint density at radius 3 is 2.18 bits per heavy atom. The Labute approximate surface area is 109 Å². The van der Waals surface area contributed by atoms with Crippen molar-refractivity contribution in [1.82, 2.24) is 10.6 Å². The molecule has 2 N–H and O–H groups in total. The monoisotopic (exact) mass is 266 g/mol. The minimum absolute atomic E-state index is 0. The molecule has 0 aliphatic carbocycles. The smallest absolute Gasteiger partial charge is 0.323 e. The van der Waals surface area contributed by atoms with Crippen molar-refractivity contribution in [2.45, 2.75) is 46.3 Å². The number of halogens is 1. The molecule has 0 aromatic heterocycles. The molecule has 0 radical (unpaired) electrons. The molecule has 0 rings (SSSR count). The van der Waals surface area contributed by atoms with Crippen molar-refractivity contribution in [2.24, 2.45) is 0 Å². The van der Waals surface area contributed by atoms with E-state index in [0.717, 1.165) is 0 Å². The molecule has 0 saturated heterocycles. The molecule has 0 heterocycles. The van der Waals surface area contributed by atoms with Gasteiger partial charge in [-0.1, -0.05) is 0 Å². The largest absolute Gasteiger partial charge is 0.459 e. The predicted molar refractivity (Wildman–Crippen MR) is 69.2 cm³/mol. The molecule has 1 atom stereocenters. The van der Waals surface area contributed by atoms with Crippen LogP contribution in [0.3, 0.4) is 0 Å². The summed E-state index contributed by atoms with van der Waals surface area (Å²) in [7, 11) is 0. The fourth-order valence-electron chi connectivity index (χ4n) is 1.00. The van der Waals surface area contributed by atoms with E-state index >= 15 is 0 Å². The van der Waals surface area contributed by atoms with E-state index in [1.165, 1.54) is 6.92 Å². The number of hydrogen-bond acceptors (Lipinski definition) is 4. The zero-order valence-corrected chi connectivity index (χ0v) is 11.9. The number of carbonyl (C=O) groups excluding carboxylic acids is 2. The van der Waals surface area contributed by atoms with Crippen LogP contribution in [0.1, 0.15) is 34.6 Å². The summed E-state index contributed by atoms with van der Waals surface area (Å²) < 4.78 is 5.19. The third-order valence-corrected chi connectivity index (χ3v) is 1.71. The first-order chi connectivity index (χ1) is 7.22. The fraction of sp³-hybridized carbons (Fsp3) is 0.818. The van der Waals surface area contributed by atoms with Crippen LogP contribution < -0.4 is 10.6 Å². The number of hydrogen-bond donors (Lipinski definition) is 2. The van der Waals surface area contributed by atoms with Crippen LogP contribution in [0.25, 0.3) is 0 Å². The Hall–Kier alpha value is -0.810. The van der Waals surface area contributed by atoms with E-state index < -0.39 is 5.60 Å². The summed E-state index contributed by atoms with van der Waals surface area (Å²) >= 11 is 0. The second-order valence-electron chi connectivity index (χ2n) is 4.69. The molecule has 0 aliphatic heterocycles. The van der Waals surface area contributed by atoms with Gasteiger partial charge in [-0.15, -0.1) is 12.4 Å². The summed E-state index contributed by atoms with van der Waals surface area (Å²) in [6.07, 6.45) is 0. The van der Waals surface area contributed by atoms with E-state index in [-0.39, 0.29) is 30.3 Å². The molecule has 102 valence electrons. The first-order valence-corrected chi connectivity index (χ1v) is 5.43. The van der Waals surface area contributed by atoms with E-state index in [9.17, 15) is 9.59 Å². The Kier molecular flexibility index (Phi) is 9.06. The first kappa shape index (κ1) is 18.6. The van der Waals surface area contributed by atoms with Crippen LogP contribution in [0.4, 0.5) is 0 Å². The predicted octanol–water partition coefficient (Wildman–Crippen LogP) is 0.864. The molecule has 17 heavy (non-hydrogen) atoms. The zero-order valence-electron chi connectivity index (χ0n) is 11.1. The normalized spacial score (nSPS) is 12.3. The molecule has 0 saturated carbocycles. The summed E-state index contributed by atoms with van der Waals surface area (Å²) in [5.74, 6) is -0.359. The van der Waals surface area contributed by atoms with Crippen LogP contribution in [-0.4, -0.2) is 36.6 Å². The van der Waals surface area contributed by atoms with Crippen molar-refractivity contribution in [1.29, 1.82) is 0 Å². The van der Waals surface area contributed by atoms with Crippen LogP contribution in [0.2, 0.25) is 0 Å². The van der Waals surface area contributed by atoms with Gasteiger partial charge in [0.15, 0.2) is 0 Å². The molecular weight excluding hydrogens is 244 g/mol. The number of nitrogens with one attached hydrogen (secondary N) is 2. The topological polar surface area (TPSA) is 67.4 Å². The lowest BCUT2D eigenvalue weighted by atomic mass is 10.2. The number of carbonyl (C=O) groups is 2. The maximum Gasteiger partial charge on any atom is 0.323 e. The van der Waals surface area contributed by atoms with Crippen molar-refractivity contribution < 1.29 is 14.3 Å². The molecular formula is C11H23ClN2O3. The molecule has 0 fully saturated rings. The van der Waals surface area contributed by atoms with Crippen molar-refractivity contribution >= 4 is 24.3 Å². The zero-order chi connectivity index (χ0) is 12.8. The number of ether oxygens (including phenoxy) is 1. The molecule has 0 bridgehead atoms. The van der Waals surface area contributed by atoms with E-state index in [2.05, 4.69) is 10.6 Å². The van der Waals surface area contributed by atoms with Crippen molar-refractivity contribution in [3.05, 3.63) is 0 Å². The highest BCUT2D eigenvalue weighted by Crippen LogP contribution is 2.07. The summed E-state index contributed by atoms with van der Waals surface area (Å²) in [4.78, 5) is 22.1.